The number of rotatable bonds is 4. The lowest BCUT2D eigenvalue weighted by molar-refractivity contribution is -0.139. The molecule has 0 spiro atoms. The zero-order valence-corrected chi connectivity index (χ0v) is 9.86. The summed E-state index contributed by atoms with van der Waals surface area (Å²) in [7, 11) is 1.47. The third kappa shape index (κ3) is 2.30. The van der Waals surface area contributed by atoms with Gasteiger partial charge in [-0.2, -0.15) is 0 Å². The van der Waals surface area contributed by atoms with Gasteiger partial charge in [-0.3, -0.25) is 9.59 Å². The van der Waals surface area contributed by atoms with E-state index in [9.17, 15) is 9.59 Å². The highest BCUT2D eigenvalue weighted by Gasteiger charge is 2.47. The van der Waals surface area contributed by atoms with Crippen molar-refractivity contribution >= 4 is 12.3 Å². The van der Waals surface area contributed by atoms with Crippen LogP contribution >= 0.6 is 0 Å². The molecular weight excluding hydrogens is 220 g/mol. The summed E-state index contributed by atoms with van der Waals surface area (Å²) in [6.45, 7) is 1.88. The normalized spacial score (nSPS) is 16.1. The van der Waals surface area contributed by atoms with Gasteiger partial charge in [-0.05, 0) is 38.0 Å². The molecule has 1 saturated carbocycles. The van der Waals surface area contributed by atoms with Crippen LogP contribution in [0.25, 0.3) is 0 Å². The van der Waals surface area contributed by atoms with E-state index in [1.807, 2.05) is 6.92 Å². The number of carbonyl (C=O) groups is 2. The standard InChI is InChI=1S/C13H14O4/c1-13(5-6-13)12(15)17-10-4-3-9(8-14)7-11(10)16-2/h3-4,7-8H,5-6H2,1-2H3. The van der Waals surface area contributed by atoms with Crippen LogP contribution in [0.2, 0.25) is 0 Å². The third-order valence-corrected chi connectivity index (χ3v) is 3.02. The fourth-order valence-corrected chi connectivity index (χ4v) is 1.46. The van der Waals surface area contributed by atoms with Crippen LogP contribution in [0.15, 0.2) is 18.2 Å². The van der Waals surface area contributed by atoms with Gasteiger partial charge in [-0.15, -0.1) is 0 Å². The lowest BCUT2D eigenvalue weighted by atomic mass is 10.1. The van der Waals surface area contributed by atoms with E-state index in [-0.39, 0.29) is 11.4 Å². The first kappa shape index (κ1) is 11.6. The van der Waals surface area contributed by atoms with E-state index in [0.29, 0.717) is 17.1 Å². The van der Waals surface area contributed by atoms with E-state index in [1.165, 1.54) is 7.11 Å². The highest BCUT2D eigenvalue weighted by atomic mass is 16.6. The van der Waals surface area contributed by atoms with Crippen molar-refractivity contribution in [3.8, 4) is 11.5 Å². The predicted octanol–water partition coefficient (Wildman–Crippen LogP) is 2.21. The van der Waals surface area contributed by atoms with E-state index in [0.717, 1.165) is 19.1 Å². The number of hydrogen-bond donors (Lipinski definition) is 0. The largest absolute Gasteiger partial charge is 0.493 e. The van der Waals surface area contributed by atoms with Gasteiger partial charge in [0.15, 0.2) is 11.5 Å². The summed E-state index contributed by atoms with van der Waals surface area (Å²) in [6.07, 6.45) is 2.44. The molecule has 17 heavy (non-hydrogen) atoms. The van der Waals surface area contributed by atoms with E-state index in [4.69, 9.17) is 9.47 Å². The monoisotopic (exact) mass is 234 g/mol. The summed E-state index contributed by atoms with van der Waals surface area (Å²) in [6, 6.07) is 4.71. The molecular formula is C13H14O4. The van der Waals surface area contributed by atoms with Crippen molar-refractivity contribution in [1.29, 1.82) is 0 Å². The maximum absolute atomic E-state index is 11.8. The quantitative estimate of drug-likeness (QED) is 0.455. The number of hydrogen-bond acceptors (Lipinski definition) is 4. The molecule has 1 aromatic carbocycles. The average Bonchev–Trinajstić information content (AvgIpc) is 3.09. The Labute approximate surface area is 99.5 Å². The van der Waals surface area contributed by atoms with Crippen LogP contribution in [-0.4, -0.2) is 19.4 Å². The van der Waals surface area contributed by atoms with Gasteiger partial charge >= 0.3 is 5.97 Å². The van der Waals surface area contributed by atoms with Crippen LogP contribution in [0.5, 0.6) is 11.5 Å². The minimum atomic E-state index is -0.339. The lowest BCUT2D eigenvalue weighted by Gasteiger charge is -2.12. The predicted molar refractivity (Wildman–Crippen MR) is 61.4 cm³/mol. The summed E-state index contributed by atoms with van der Waals surface area (Å²) in [5, 5.41) is 0. The number of ether oxygens (including phenoxy) is 2. The van der Waals surface area contributed by atoms with E-state index < -0.39 is 0 Å². The highest BCUT2D eigenvalue weighted by molar-refractivity contribution is 5.82. The Morgan fingerprint density at radius 2 is 2.06 bits per heavy atom. The Bertz CT molecular complexity index is 460. The fourth-order valence-electron chi connectivity index (χ4n) is 1.46. The summed E-state index contributed by atoms with van der Waals surface area (Å²) in [4.78, 5) is 22.4. The number of aldehydes is 1. The molecule has 0 aliphatic heterocycles. The topological polar surface area (TPSA) is 52.6 Å². The van der Waals surface area contributed by atoms with Crippen LogP contribution in [-0.2, 0) is 4.79 Å². The van der Waals surface area contributed by atoms with Gasteiger partial charge in [0.2, 0.25) is 0 Å². The second kappa shape index (κ2) is 4.20. The zero-order chi connectivity index (χ0) is 12.5. The van der Waals surface area contributed by atoms with E-state index in [2.05, 4.69) is 0 Å². The minimum absolute atomic E-state index is 0.241. The lowest BCUT2D eigenvalue weighted by Crippen LogP contribution is -2.19. The third-order valence-electron chi connectivity index (χ3n) is 3.02. The fraction of sp³-hybridized carbons (Fsp3) is 0.385. The molecule has 4 nitrogen and oxygen atoms in total. The first-order valence-electron chi connectivity index (χ1n) is 5.44. The van der Waals surface area contributed by atoms with Gasteiger partial charge < -0.3 is 9.47 Å². The van der Waals surface area contributed by atoms with Gasteiger partial charge in [0.1, 0.15) is 6.29 Å². The van der Waals surface area contributed by atoms with Crippen LogP contribution in [0, 0.1) is 5.41 Å². The van der Waals surface area contributed by atoms with Crippen molar-refractivity contribution in [2.24, 2.45) is 5.41 Å². The molecule has 2 rings (SSSR count). The Morgan fingerprint density at radius 1 is 1.35 bits per heavy atom. The second-order valence-corrected chi connectivity index (χ2v) is 4.48. The van der Waals surface area contributed by atoms with Gasteiger partial charge in [-0.1, -0.05) is 0 Å². The maximum Gasteiger partial charge on any atom is 0.317 e. The molecule has 1 fully saturated rings. The van der Waals surface area contributed by atoms with Crippen molar-refractivity contribution in [1.82, 2.24) is 0 Å². The molecule has 0 radical (unpaired) electrons. The Kier molecular flexibility index (Phi) is 2.88. The Hall–Kier alpha value is -1.84. The molecule has 0 unspecified atom stereocenters. The molecule has 1 aliphatic carbocycles. The first-order valence-corrected chi connectivity index (χ1v) is 5.44. The average molecular weight is 234 g/mol. The molecule has 0 atom stereocenters. The summed E-state index contributed by atoms with van der Waals surface area (Å²) < 4.78 is 10.4. The molecule has 1 aromatic rings. The number of carbonyl (C=O) groups excluding carboxylic acids is 2. The maximum atomic E-state index is 11.8. The molecule has 4 heteroatoms. The Balaban J connectivity index is 2.20. The number of methoxy groups -OCH3 is 1. The van der Waals surface area contributed by atoms with Gasteiger partial charge in [0, 0.05) is 5.56 Å². The van der Waals surface area contributed by atoms with Crippen LogP contribution in [0.1, 0.15) is 30.1 Å². The smallest absolute Gasteiger partial charge is 0.317 e. The first-order chi connectivity index (χ1) is 8.09. The molecule has 0 amide bonds. The zero-order valence-electron chi connectivity index (χ0n) is 9.86. The highest BCUT2D eigenvalue weighted by Crippen LogP contribution is 2.46. The summed E-state index contributed by atoms with van der Waals surface area (Å²) in [5.41, 5.74) is 0.147. The molecule has 0 bridgehead atoms. The molecule has 0 aromatic heterocycles. The van der Waals surface area contributed by atoms with Crippen molar-refractivity contribution < 1.29 is 19.1 Å². The van der Waals surface area contributed by atoms with Crippen molar-refractivity contribution in [3.05, 3.63) is 23.8 Å². The van der Waals surface area contributed by atoms with Crippen molar-refractivity contribution in [2.75, 3.05) is 7.11 Å². The minimum Gasteiger partial charge on any atom is -0.493 e. The second-order valence-electron chi connectivity index (χ2n) is 4.48. The van der Waals surface area contributed by atoms with E-state index >= 15 is 0 Å². The molecule has 0 heterocycles. The summed E-state index contributed by atoms with van der Waals surface area (Å²) in [5.74, 6) is 0.512. The van der Waals surface area contributed by atoms with Crippen molar-refractivity contribution in [3.63, 3.8) is 0 Å². The Morgan fingerprint density at radius 3 is 2.59 bits per heavy atom. The van der Waals surface area contributed by atoms with Crippen LogP contribution in [0.3, 0.4) is 0 Å². The van der Waals surface area contributed by atoms with Crippen LogP contribution < -0.4 is 9.47 Å². The molecule has 0 N–H and O–H groups in total. The summed E-state index contributed by atoms with van der Waals surface area (Å²) >= 11 is 0. The number of esters is 1. The van der Waals surface area contributed by atoms with E-state index in [1.54, 1.807) is 18.2 Å². The van der Waals surface area contributed by atoms with Crippen molar-refractivity contribution in [2.45, 2.75) is 19.8 Å². The number of benzene rings is 1. The SMILES string of the molecule is COc1cc(C=O)ccc1OC(=O)C1(C)CC1. The molecule has 1 aliphatic rings. The van der Waals surface area contributed by atoms with Gasteiger partial charge in [-0.25, -0.2) is 0 Å². The molecule has 90 valence electrons. The molecule has 0 saturated heterocycles. The van der Waals surface area contributed by atoms with Gasteiger partial charge in [0.25, 0.3) is 0 Å². The van der Waals surface area contributed by atoms with Gasteiger partial charge in [0.05, 0.1) is 12.5 Å². The van der Waals surface area contributed by atoms with Crippen LogP contribution in [0.4, 0.5) is 0 Å².